The molecule has 2 N–H and O–H groups in total. The molecule has 0 fully saturated rings. The monoisotopic (exact) mass is 294 g/mol. The zero-order valence-electron chi connectivity index (χ0n) is 11.0. The minimum Gasteiger partial charge on any atom is -0.382 e. The summed E-state index contributed by atoms with van der Waals surface area (Å²) in [5.41, 5.74) is 0.475. The summed E-state index contributed by atoms with van der Waals surface area (Å²) in [4.78, 5) is 11.6. The molecule has 21 heavy (non-hydrogen) atoms. The van der Waals surface area contributed by atoms with E-state index in [4.69, 9.17) is 0 Å². The van der Waals surface area contributed by atoms with E-state index < -0.39 is 17.5 Å². The number of anilines is 2. The van der Waals surface area contributed by atoms with Gasteiger partial charge in [0.15, 0.2) is 11.6 Å². The third kappa shape index (κ3) is 4.24. The Labute approximate surface area is 119 Å². The molecule has 0 aliphatic carbocycles. The van der Waals surface area contributed by atoms with Crippen LogP contribution >= 0.6 is 0 Å². The van der Waals surface area contributed by atoms with Crippen LogP contribution in [0.5, 0.6) is 0 Å². The fourth-order valence-electron chi connectivity index (χ4n) is 1.71. The number of hydrogen-bond donors (Lipinski definition) is 2. The van der Waals surface area contributed by atoms with Crippen molar-refractivity contribution in [2.45, 2.75) is 6.42 Å². The molecule has 2 rings (SSSR count). The standard InChI is InChI=1S/C15H13F3N2O/c16-11-6-5-10(9-13(11)18)20-15(21)7-8-19-14-4-2-1-3-12(14)17/h1-6,9,19H,7-8H2,(H,20,21). The lowest BCUT2D eigenvalue weighted by atomic mass is 10.2. The molecule has 110 valence electrons. The number of amides is 1. The third-order valence-electron chi connectivity index (χ3n) is 2.74. The summed E-state index contributed by atoms with van der Waals surface area (Å²) in [6.45, 7) is 0.219. The van der Waals surface area contributed by atoms with E-state index in [-0.39, 0.29) is 24.6 Å². The van der Waals surface area contributed by atoms with Crippen molar-refractivity contribution in [1.82, 2.24) is 0 Å². The molecule has 0 bridgehead atoms. The fraction of sp³-hybridized carbons (Fsp3) is 0.133. The summed E-state index contributed by atoms with van der Waals surface area (Å²) >= 11 is 0. The summed E-state index contributed by atoms with van der Waals surface area (Å²) < 4.78 is 39.0. The minimum absolute atomic E-state index is 0.0628. The first kappa shape index (κ1) is 14.9. The van der Waals surface area contributed by atoms with Crippen LogP contribution in [0.15, 0.2) is 42.5 Å². The number of benzene rings is 2. The van der Waals surface area contributed by atoms with Gasteiger partial charge in [-0.3, -0.25) is 4.79 Å². The van der Waals surface area contributed by atoms with Crippen LogP contribution in [0.2, 0.25) is 0 Å². The maximum absolute atomic E-state index is 13.3. The van der Waals surface area contributed by atoms with E-state index >= 15 is 0 Å². The summed E-state index contributed by atoms with van der Waals surface area (Å²) in [5.74, 6) is -2.80. The molecule has 0 saturated carbocycles. The van der Waals surface area contributed by atoms with Crippen LogP contribution in [0.3, 0.4) is 0 Å². The average Bonchev–Trinajstić information content (AvgIpc) is 2.45. The van der Waals surface area contributed by atoms with Gasteiger partial charge in [-0.2, -0.15) is 0 Å². The molecule has 0 radical (unpaired) electrons. The number of carbonyl (C=O) groups is 1. The topological polar surface area (TPSA) is 41.1 Å². The lowest BCUT2D eigenvalue weighted by Gasteiger charge is -2.08. The van der Waals surface area contributed by atoms with Gasteiger partial charge in [0.25, 0.3) is 0 Å². The molecule has 2 aromatic rings. The quantitative estimate of drug-likeness (QED) is 0.885. The normalized spacial score (nSPS) is 10.2. The molecule has 0 aliphatic heterocycles. The molecule has 0 aromatic heterocycles. The first-order chi connectivity index (χ1) is 10.1. The van der Waals surface area contributed by atoms with E-state index in [2.05, 4.69) is 10.6 Å². The van der Waals surface area contributed by atoms with Crippen molar-refractivity contribution in [3.05, 3.63) is 59.9 Å². The van der Waals surface area contributed by atoms with E-state index in [0.29, 0.717) is 5.69 Å². The van der Waals surface area contributed by atoms with E-state index in [9.17, 15) is 18.0 Å². The molecule has 0 saturated heterocycles. The Balaban J connectivity index is 1.82. The van der Waals surface area contributed by atoms with Crippen molar-refractivity contribution in [3.8, 4) is 0 Å². The van der Waals surface area contributed by atoms with Gasteiger partial charge in [-0.15, -0.1) is 0 Å². The number of carbonyl (C=O) groups excluding carboxylic acids is 1. The Morgan fingerprint density at radius 2 is 1.71 bits per heavy atom. The lowest BCUT2D eigenvalue weighted by molar-refractivity contribution is -0.115. The second-order valence-electron chi connectivity index (χ2n) is 4.33. The first-order valence-electron chi connectivity index (χ1n) is 6.29. The molecular weight excluding hydrogens is 281 g/mol. The molecule has 0 atom stereocenters. The highest BCUT2D eigenvalue weighted by molar-refractivity contribution is 5.90. The minimum atomic E-state index is -1.03. The van der Waals surface area contributed by atoms with Gasteiger partial charge in [0.05, 0.1) is 5.69 Å². The highest BCUT2D eigenvalue weighted by Crippen LogP contribution is 2.14. The van der Waals surface area contributed by atoms with Gasteiger partial charge in [-0.1, -0.05) is 12.1 Å². The second kappa shape index (κ2) is 6.78. The number of hydrogen-bond acceptors (Lipinski definition) is 2. The lowest BCUT2D eigenvalue weighted by Crippen LogP contribution is -2.16. The van der Waals surface area contributed by atoms with Crippen molar-refractivity contribution in [1.29, 1.82) is 0 Å². The van der Waals surface area contributed by atoms with E-state index in [0.717, 1.165) is 12.1 Å². The van der Waals surface area contributed by atoms with Gasteiger partial charge in [-0.25, -0.2) is 13.2 Å². The molecule has 0 unspecified atom stereocenters. The molecule has 0 heterocycles. The maximum atomic E-state index is 13.3. The summed E-state index contributed by atoms with van der Waals surface area (Å²) in [5, 5.41) is 5.21. The van der Waals surface area contributed by atoms with Crippen LogP contribution in [-0.2, 0) is 4.79 Å². The van der Waals surface area contributed by atoms with Crippen molar-refractivity contribution in [3.63, 3.8) is 0 Å². The smallest absolute Gasteiger partial charge is 0.226 e. The number of para-hydroxylation sites is 1. The van der Waals surface area contributed by atoms with Crippen LogP contribution in [0.4, 0.5) is 24.5 Å². The Morgan fingerprint density at radius 1 is 0.952 bits per heavy atom. The fourth-order valence-corrected chi connectivity index (χ4v) is 1.71. The molecule has 1 amide bonds. The third-order valence-corrected chi connectivity index (χ3v) is 2.74. The molecule has 0 aliphatic rings. The number of rotatable bonds is 5. The van der Waals surface area contributed by atoms with Crippen LogP contribution in [0.25, 0.3) is 0 Å². The largest absolute Gasteiger partial charge is 0.382 e. The highest BCUT2D eigenvalue weighted by atomic mass is 19.2. The van der Waals surface area contributed by atoms with Gasteiger partial charge >= 0.3 is 0 Å². The van der Waals surface area contributed by atoms with Crippen LogP contribution in [0, 0.1) is 17.5 Å². The predicted octanol–water partition coefficient (Wildman–Crippen LogP) is 3.54. The van der Waals surface area contributed by atoms with Gasteiger partial charge in [0.1, 0.15) is 5.82 Å². The van der Waals surface area contributed by atoms with Gasteiger partial charge in [0, 0.05) is 24.7 Å². The van der Waals surface area contributed by atoms with Crippen molar-refractivity contribution in [2.24, 2.45) is 0 Å². The Hall–Kier alpha value is -2.50. The highest BCUT2D eigenvalue weighted by Gasteiger charge is 2.06. The summed E-state index contributed by atoms with van der Waals surface area (Å²) in [6, 6.07) is 9.20. The van der Waals surface area contributed by atoms with Gasteiger partial charge in [-0.05, 0) is 24.3 Å². The SMILES string of the molecule is O=C(CCNc1ccccc1F)Nc1ccc(F)c(F)c1. The summed E-state index contributed by atoms with van der Waals surface area (Å²) in [6.07, 6.45) is 0.0628. The molecule has 2 aromatic carbocycles. The van der Waals surface area contributed by atoms with Crippen LogP contribution in [-0.4, -0.2) is 12.5 Å². The van der Waals surface area contributed by atoms with Crippen molar-refractivity contribution < 1.29 is 18.0 Å². The Morgan fingerprint density at radius 3 is 2.43 bits per heavy atom. The molecule has 6 heteroatoms. The molecule has 0 spiro atoms. The zero-order valence-corrected chi connectivity index (χ0v) is 11.0. The van der Waals surface area contributed by atoms with E-state index in [1.807, 2.05) is 0 Å². The second-order valence-corrected chi connectivity index (χ2v) is 4.33. The predicted molar refractivity (Wildman–Crippen MR) is 74.5 cm³/mol. The Kier molecular flexibility index (Phi) is 4.81. The zero-order chi connectivity index (χ0) is 15.2. The first-order valence-corrected chi connectivity index (χ1v) is 6.29. The van der Waals surface area contributed by atoms with Gasteiger partial charge in [0.2, 0.25) is 5.91 Å². The Bertz CT molecular complexity index is 647. The van der Waals surface area contributed by atoms with Crippen LogP contribution < -0.4 is 10.6 Å². The van der Waals surface area contributed by atoms with Crippen LogP contribution in [0.1, 0.15) is 6.42 Å². The molecular formula is C15H13F3N2O. The van der Waals surface area contributed by atoms with E-state index in [1.165, 1.54) is 12.1 Å². The molecule has 3 nitrogen and oxygen atoms in total. The van der Waals surface area contributed by atoms with Crippen molar-refractivity contribution >= 4 is 17.3 Å². The maximum Gasteiger partial charge on any atom is 0.226 e. The average molecular weight is 294 g/mol. The number of halogens is 3. The van der Waals surface area contributed by atoms with Gasteiger partial charge < -0.3 is 10.6 Å². The van der Waals surface area contributed by atoms with Crippen molar-refractivity contribution in [2.75, 3.05) is 17.2 Å². The number of nitrogens with one attached hydrogen (secondary N) is 2. The summed E-state index contributed by atoms with van der Waals surface area (Å²) in [7, 11) is 0. The van der Waals surface area contributed by atoms with E-state index in [1.54, 1.807) is 18.2 Å².